The largest absolute Gasteiger partial charge is 0.444 e. The molecule has 0 saturated heterocycles. The zero-order valence-electron chi connectivity index (χ0n) is 13.4. The number of benzene rings is 1. The molecule has 0 aliphatic rings. The molecule has 0 spiro atoms. The minimum Gasteiger partial charge on any atom is -0.444 e. The van der Waals surface area contributed by atoms with E-state index in [4.69, 9.17) is 4.42 Å². The lowest BCUT2D eigenvalue weighted by Crippen LogP contribution is -2.24. The maximum Gasteiger partial charge on any atom is 0.267 e. The number of hydrogen-bond donors (Lipinski definition) is 0. The molecule has 3 aromatic heterocycles. The Labute approximate surface area is 142 Å². The quantitative estimate of drug-likeness (QED) is 0.565. The summed E-state index contributed by atoms with van der Waals surface area (Å²) in [7, 11) is 0. The van der Waals surface area contributed by atoms with Gasteiger partial charge in [0.1, 0.15) is 24.6 Å². The number of aromatic nitrogens is 6. The Morgan fingerprint density at radius 2 is 1.96 bits per heavy atom. The number of oxazole rings is 1. The van der Waals surface area contributed by atoms with Crippen molar-refractivity contribution in [2.24, 2.45) is 0 Å². The van der Waals surface area contributed by atoms with Crippen molar-refractivity contribution in [2.75, 3.05) is 0 Å². The van der Waals surface area contributed by atoms with Crippen LogP contribution in [0.15, 0.2) is 64.5 Å². The number of hydrogen-bond acceptors (Lipinski definition) is 6. The first-order valence-corrected chi connectivity index (χ1v) is 7.64. The van der Waals surface area contributed by atoms with Gasteiger partial charge in [-0.25, -0.2) is 19.3 Å². The lowest BCUT2D eigenvalue weighted by atomic mass is 10.1. The van der Waals surface area contributed by atoms with Crippen LogP contribution in [-0.4, -0.2) is 29.5 Å². The van der Waals surface area contributed by atoms with Gasteiger partial charge in [0.2, 0.25) is 5.89 Å². The summed E-state index contributed by atoms with van der Waals surface area (Å²) in [4.78, 5) is 20.4. The fourth-order valence-corrected chi connectivity index (χ4v) is 2.36. The Hall–Kier alpha value is -3.55. The van der Waals surface area contributed by atoms with Crippen LogP contribution in [0.25, 0.3) is 17.3 Å². The van der Waals surface area contributed by atoms with Crippen LogP contribution >= 0.6 is 0 Å². The van der Waals surface area contributed by atoms with E-state index in [0.717, 1.165) is 11.1 Å². The highest BCUT2D eigenvalue weighted by Crippen LogP contribution is 2.19. The molecule has 25 heavy (non-hydrogen) atoms. The summed E-state index contributed by atoms with van der Waals surface area (Å²) >= 11 is 0. The van der Waals surface area contributed by atoms with Crippen molar-refractivity contribution in [1.82, 2.24) is 29.5 Å². The molecule has 4 rings (SSSR count). The maximum absolute atomic E-state index is 12.1. The van der Waals surface area contributed by atoms with Gasteiger partial charge in [0.15, 0.2) is 5.82 Å². The molecule has 0 radical (unpaired) electrons. The third-order valence-electron chi connectivity index (χ3n) is 3.67. The number of nitrogens with zero attached hydrogens (tertiary/aromatic N) is 6. The van der Waals surface area contributed by atoms with Crippen molar-refractivity contribution in [1.29, 1.82) is 0 Å². The van der Waals surface area contributed by atoms with E-state index < -0.39 is 0 Å². The van der Waals surface area contributed by atoms with Gasteiger partial charge >= 0.3 is 0 Å². The van der Waals surface area contributed by atoms with Gasteiger partial charge in [-0.3, -0.25) is 4.79 Å². The molecular weight excluding hydrogens is 320 g/mol. The third kappa shape index (κ3) is 3.09. The van der Waals surface area contributed by atoms with E-state index in [-0.39, 0.29) is 12.1 Å². The zero-order valence-corrected chi connectivity index (χ0v) is 13.4. The van der Waals surface area contributed by atoms with Crippen molar-refractivity contribution in [3.05, 3.63) is 76.9 Å². The van der Waals surface area contributed by atoms with Crippen LogP contribution in [0.3, 0.4) is 0 Å². The Balaban J connectivity index is 1.61. The molecule has 8 nitrogen and oxygen atoms in total. The van der Waals surface area contributed by atoms with Gasteiger partial charge in [-0.05, 0) is 25.1 Å². The van der Waals surface area contributed by atoms with Gasteiger partial charge < -0.3 is 4.42 Å². The molecule has 0 aliphatic carbocycles. The average molecular weight is 334 g/mol. The first-order valence-electron chi connectivity index (χ1n) is 7.64. The van der Waals surface area contributed by atoms with Crippen LogP contribution in [0.4, 0.5) is 0 Å². The Kier molecular flexibility index (Phi) is 3.70. The topological polar surface area (TPSA) is 91.6 Å². The molecule has 1 aromatic carbocycles. The predicted octanol–water partition coefficient (Wildman–Crippen LogP) is 1.84. The third-order valence-corrected chi connectivity index (χ3v) is 3.67. The molecule has 0 amide bonds. The van der Waals surface area contributed by atoms with E-state index in [1.54, 1.807) is 6.07 Å². The standard InChI is InChI=1S/C17H14N6O2/c1-12-2-4-13(5-3-12)17-20-14(9-25-17)8-22-16(24)7-6-15(21-22)23-11-18-10-19-23/h2-7,9-11H,8H2,1H3. The highest BCUT2D eigenvalue weighted by atomic mass is 16.3. The SMILES string of the molecule is Cc1ccc(-c2nc(Cn3nc(-n4cncn4)ccc3=O)co2)cc1. The van der Waals surface area contributed by atoms with Crippen molar-refractivity contribution in [2.45, 2.75) is 13.5 Å². The smallest absolute Gasteiger partial charge is 0.267 e. The van der Waals surface area contributed by atoms with Crippen molar-refractivity contribution in [3.8, 4) is 17.3 Å². The summed E-state index contributed by atoms with van der Waals surface area (Å²) in [5, 5.41) is 8.30. The maximum atomic E-state index is 12.1. The average Bonchev–Trinajstić information content (AvgIpc) is 3.29. The fourth-order valence-electron chi connectivity index (χ4n) is 2.36. The highest BCUT2D eigenvalue weighted by molar-refractivity contribution is 5.53. The first kappa shape index (κ1) is 15.0. The van der Waals surface area contributed by atoms with E-state index in [2.05, 4.69) is 20.2 Å². The van der Waals surface area contributed by atoms with E-state index in [9.17, 15) is 4.79 Å². The van der Waals surface area contributed by atoms with Gasteiger partial charge in [0.05, 0.1) is 6.54 Å². The zero-order chi connectivity index (χ0) is 17.2. The highest BCUT2D eigenvalue weighted by Gasteiger charge is 2.09. The summed E-state index contributed by atoms with van der Waals surface area (Å²) in [5.41, 5.74) is 2.43. The lowest BCUT2D eigenvalue weighted by Gasteiger charge is -2.04. The summed E-state index contributed by atoms with van der Waals surface area (Å²) in [6, 6.07) is 10.9. The molecular formula is C17H14N6O2. The first-order chi connectivity index (χ1) is 12.2. The predicted molar refractivity (Wildman–Crippen MR) is 89.2 cm³/mol. The van der Waals surface area contributed by atoms with Gasteiger partial charge in [0, 0.05) is 11.6 Å². The van der Waals surface area contributed by atoms with Crippen LogP contribution in [0, 0.1) is 6.92 Å². The lowest BCUT2D eigenvalue weighted by molar-refractivity contribution is 0.565. The molecule has 0 bridgehead atoms. The number of aryl methyl sites for hydroxylation is 1. The minimum absolute atomic E-state index is 0.205. The second-order valence-corrected chi connectivity index (χ2v) is 5.54. The van der Waals surface area contributed by atoms with Crippen LogP contribution in [0.2, 0.25) is 0 Å². The van der Waals surface area contributed by atoms with Gasteiger partial charge in [-0.15, -0.1) is 5.10 Å². The second kappa shape index (κ2) is 6.16. The monoisotopic (exact) mass is 334 g/mol. The van der Waals surface area contributed by atoms with Crippen molar-refractivity contribution in [3.63, 3.8) is 0 Å². The van der Waals surface area contributed by atoms with Crippen molar-refractivity contribution >= 4 is 0 Å². The summed E-state index contributed by atoms with van der Waals surface area (Å²) in [5.74, 6) is 1.01. The molecule has 124 valence electrons. The normalized spacial score (nSPS) is 10.9. The van der Waals surface area contributed by atoms with Crippen LogP contribution < -0.4 is 5.56 Å². The molecule has 0 unspecified atom stereocenters. The Morgan fingerprint density at radius 3 is 2.72 bits per heavy atom. The van der Waals surface area contributed by atoms with Gasteiger partial charge in [-0.1, -0.05) is 17.7 Å². The van der Waals surface area contributed by atoms with E-state index >= 15 is 0 Å². The van der Waals surface area contributed by atoms with E-state index in [1.165, 1.54) is 34.3 Å². The molecule has 0 fully saturated rings. The van der Waals surface area contributed by atoms with Gasteiger partial charge in [0.25, 0.3) is 5.56 Å². The molecule has 0 saturated carbocycles. The molecule has 8 heteroatoms. The second-order valence-electron chi connectivity index (χ2n) is 5.54. The van der Waals surface area contributed by atoms with E-state index in [1.807, 2.05) is 31.2 Å². The van der Waals surface area contributed by atoms with Gasteiger partial charge in [-0.2, -0.15) is 5.10 Å². The molecule has 3 heterocycles. The Morgan fingerprint density at radius 1 is 1.12 bits per heavy atom. The van der Waals surface area contributed by atoms with E-state index in [0.29, 0.717) is 17.4 Å². The minimum atomic E-state index is -0.233. The van der Waals surface area contributed by atoms with Crippen LogP contribution in [0.5, 0.6) is 0 Å². The van der Waals surface area contributed by atoms with Crippen LogP contribution in [0.1, 0.15) is 11.3 Å². The summed E-state index contributed by atoms with van der Waals surface area (Å²) in [6.07, 6.45) is 4.46. The molecule has 0 N–H and O–H groups in total. The van der Waals surface area contributed by atoms with Crippen LogP contribution in [-0.2, 0) is 6.54 Å². The summed E-state index contributed by atoms with van der Waals surface area (Å²) < 4.78 is 8.32. The molecule has 0 atom stereocenters. The fraction of sp³-hybridized carbons (Fsp3) is 0.118. The Bertz CT molecular complexity index is 1050. The number of rotatable bonds is 4. The summed E-state index contributed by atoms with van der Waals surface area (Å²) in [6.45, 7) is 2.22. The molecule has 0 aliphatic heterocycles. The molecule has 4 aromatic rings. The van der Waals surface area contributed by atoms with Crippen molar-refractivity contribution < 1.29 is 4.42 Å².